The molecule has 12 heteroatoms. The highest BCUT2D eigenvalue weighted by Crippen LogP contribution is 2.25. The molecule has 0 atom stereocenters. The highest BCUT2D eigenvalue weighted by Gasteiger charge is 2.16. The van der Waals surface area contributed by atoms with Gasteiger partial charge in [0.1, 0.15) is 5.75 Å². The molecule has 1 fully saturated rings. The van der Waals surface area contributed by atoms with Crippen molar-refractivity contribution in [1.29, 1.82) is 0 Å². The number of phenolic OH excluding ortho intramolecular Hbond substituents is 1. The molecule has 1 saturated heterocycles. The topological polar surface area (TPSA) is 108 Å². The third kappa shape index (κ3) is 7.25. The fraction of sp³-hybridized carbons (Fsp3) is 0.238. The number of hydrazone groups is 1. The summed E-state index contributed by atoms with van der Waals surface area (Å²) in [6.07, 6.45) is 1.55. The quantitative estimate of drug-likeness (QED) is 0.193. The van der Waals surface area contributed by atoms with Crippen molar-refractivity contribution in [3.05, 3.63) is 60.7 Å². The van der Waals surface area contributed by atoms with Gasteiger partial charge in [0.15, 0.2) is 0 Å². The Bertz CT molecular complexity index is 1100. The fourth-order valence-electron chi connectivity index (χ4n) is 3.02. The van der Waals surface area contributed by atoms with Crippen LogP contribution in [0.4, 0.5) is 17.8 Å². The van der Waals surface area contributed by atoms with E-state index >= 15 is 0 Å². The van der Waals surface area contributed by atoms with Crippen LogP contribution in [0.5, 0.6) is 5.75 Å². The molecule has 33 heavy (non-hydrogen) atoms. The summed E-state index contributed by atoms with van der Waals surface area (Å²) < 4.78 is 7.21. The molecule has 0 unspecified atom stereocenters. The molecule has 0 bridgehead atoms. The van der Waals surface area contributed by atoms with Crippen molar-refractivity contribution in [2.45, 2.75) is 6.54 Å². The first-order chi connectivity index (χ1) is 15.6. The fourth-order valence-corrected chi connectivity index (χ4v) is 4.91. The Morgan fingerprint density at radius 3 is 2.55 bits per heavy atom. The number of rotatable bonds is 7. The second-order valence-corrected chi connectivity index (χ2v) is 9.32. The molecule has 3 aromatic rings. The number of morpholine rings is 1. The monoisotopic (exact) mass is 693 g/mol. The van der Waals surface area contributed by atoms with E-state index in [9.17, 15) is 5.11 Å². The van der Waals surface area contributed by atoms with Crippen molar-refractivity contribution in [1.82, 2.24) is 15.0 Å². The Labute approximate surface area is 225 Å². The summed E-state index contributed by atoms with van der Waals surface area (Å²) in [5, 5.41) is 17.8. The summed E-state index contributed by atoms with van der Waals surface area (Å²) >= 11 is 4.30. The van der Waals surface area contributed by atoms with Crippen LogP contribution in [0.15, 0.2) is 47.6 Å². The van der Waals surface area contributed by atoms with Crippen LogP contribution in [0, 0.1) is 7.14 Å². The smallest absolute Gasteiger partial charge is 0.250 e. The lowest BCUT2D eigenvalue weighted by Gasteiger charge is -2.27. The normalized spacial score (nSPS) is 13.6. The third-order valence-electron chi connectivity index (χ3n) is 4.64. The van der Waals surface area contributed by atoms with Gasteiger partial charge < -0.3 is 20.1 Å². The van der Waals surface area contributed by atoms with Crippen LogP contribution < -0.4 is 15.6 Å². The minimum Gasteiger partial charge on any atom is -0.506 e. The van der Waals surface area contributed by atoms with Crippen molar-refractivity contribution in [2.75, 3.05) is 41.9 Å². The second-order valence-electron chi connectivity index (χ2n) is 6.92. The van der Waals surface area contributed by atoms with E-state index in [1.54, 1.807) is 6.21 Å². The maximum absolute atomic E-state index is 10.3. The van der Waals surface area contributed by atoms with Gasteiger partial charge in [-0.15, -0.1) is 12.4 Å². The maximum atomic E-state index is 10.3. The molecule has 4 rings (SSSR count). The summed E-state index contributed by atoms with van der Waals surface area (Å²) in [6, 6.07) is 13.8. The van der Waals surface area contributed by atoms with E-state index in [0.29, 0.717) is 56.3 Å². The SMILES string of the molecule is Cl.Oc1c(I)cc(I)cc1/C=N/Nc1nc(NCc2ccccc2)nc(N2CCOCC2)n1. The Hall–Kier alpha value is -1.97. The van der Waals surface area contributed by atoms with Gasteiger partial charge in [0.2, 0.25) is 17.8 Å². The molecule has 0 amide bonds. The average molecular weight is 694 g/mol. The Morgan fingerprint density at radius 1 is 1.06 bits per heavy atom. The largest absolute Gasteiger partial charge is 0.506 e. The molecule has 0 aliphatic carbocycles. The highest BCUT2D eigenvalue weighted by atomic mass is 127. The molecule has 2 aromatic carbocycles. The summed E-state index contributed by atoms with van der Waals surface area (Å²) in [4.78, 5) is 15.6. The van der Waals surface area contributed by atoms with E-state index in [1.807, 2.05) is 42.5 Å². The molecule has 9 nitrogen and oxygen atoms in total. The second kappa shape index (κ2) is 12.5. The highest BCUT2D eigenvalue weighted by molar-refractivity contribution is 14.1. The summed E-state index contributed by atoms with van der Waals surface area (Å²) in [6.45, 7) is 3.26. The number of hydrogen-bond donors (Lipinski definition) is 3. The van der Waals surface area contributed by atoms with Crippen molar-refractivity contribution in [3.8, 4) is 5.75 Å². The Balaban J connectivity index is 0.00000306. The molecule has 1 aliphatic heterocycles. The number of aromatic hydroxyl groups is 1. The minimum absolute atomic E-state index is 0. The number of benzene rings is 2. The van der Waals surface area contributed by atoms with Crippen LogP contribution in [-0.2, 0) is 11.3 Å². The van der Waals surface area contributed by atoms with Crippen LogP contribution in [0.1, 0.15) is 11.1 Å². The first-order valence-electron chi connectivity index (χ1n) is 9.92. The summed E-state index contributed by atoms with van der Waals surface area (Å²) in [5.41, 5.74) is 4.60. The number of nitrogens with one attached hydrogen (secondary N) is 2. The lowest BCUT2D eigenvalue weighted by Crippen LogP contribution is -2.37. The van der Waals surface area contributed by atoms with E-state index in [4.69, 9.17) is 4.74 Å². The van der Waals surface area contributed by atoms with E-state index in [2.05, 4.69) is 80.9 Å². The van der Waals surface area contributed by atoms with E-state index < -0.39 is 0 Å². The van der Waals surface area contributed by atoms with Crippen LogP contribution in [0.2, 0.25) is 0 Å². The molecular formula is C21H22ClI2N7O2. The molecule has 0 saturated carbocycles. The van der Waals surface area contributed by atoms with Gasteiger partial charge in [-0.2, -0.15) is 20.1 Å². The lowest BCUT2D eigenvalue weighted by molar-refractivity contribution is 0.122. The van der Waals surface area contributed by atoms with Crippen LogP contribution in [0.3, 0.4) is 0 Å². The number of ether oxygens (including phenoxy) is 1. The van der Waals surface area contributed by atoms with Gasteiger partial charge in [-0.25, -0.2) is 5.43 Å². The standard InChI is InChI=1S/C21H21I2N7O2.ClH/c22-16-10-15(18(31)17(23)11-16)13-25-29-20-26-19(24-12-14-4-2-1-3-5-14)27-21(28-20)30-6-8-32-9-7-30;/h1-5,10-11,13,31H,6-9,12H2,(H2,24,26,27,28,29);1H/b25-13+;. The van der Waals surface area contributed by atoms with Gasteiger partial charge in [0.05, 0.1) is 23.0 Å². The number of phenols is 1. The number of halogens is 3. The van der Waals surface area contributed by atoms with Crippen molar-refractivity contribution < 1.29 is 9.84 Å². The number of hydrogen-bond acceptors (Lipinski definition) is 9. The van der Waals surface area contributed by atoms with Crippen LogP contribution >= 0.6 is 57.6 Å². The van der Waals surface area contributed by atoms with Crippen molar-refractivity contribution in [2.24, 2.45) is 5.10 Å². The molecule has 2 heterocycles. The van der Waals surface area contributed by atoms with E-state index in [0.717, 1.165) is 12.7 Å². The van der Waals surface area contributed by atoms with Gasteiger partial charge in [-0.3, -0.25) is 0 Å². The molecule has 0 spiro atoms. The Morgan fingerprint density at radius 2 is 1.79 bits per heavy atom. The molecule has 174 valence electrons. The van der Waals surface area contributed by atoms with Gasteiger partial charge in [0, 0.05) is 28.8 Å². The Kier molecular flexibility index (Phi) is 9.70. The van der Waals surface area contributed by atoms with Gasteiger partial charge in [-0.1, -0.05) is 30.3 Å². The molecule has 1 aromatic heterocycles. The van der Waals surface area contributed by atoms with Gasteiger partial charge >= 0.3 is 0 Å². The minimum atomic E-state index is 0. The first kappa shape index (κ1) is 25.6. The predicted octanol–water partition coefficient (Wildman–Crippen LogP) is 4.10. The van der Waals surface area contributed by atoms with Crippen LogP contribution in [-0.4, -0.2) is 52.6 Å². The average Bonchev–Trinajstić information content (AvgIpc) is 2.82. The molecule has 3 N–H and O–H groups in total. The zero-order valence-electron chi connectivity index (χ0n) is 17.4. The van der Waals surface area contributed by atoms with E-state index in [1.165, 1.54) is 0 Å². The third-order valence-corrected chi connectivity index (χ3v) is 6.08. The molecule has 0 radical (unpaired) electrons. The predicted molar refractivity (Wildman–Crippen MR) is 149 cm³/mol. The first-order valence-corrected chi connectivity index (χ1v) is 12.1. The number of anilines is 3. The van der Waals surface area contributed by atoms with E-state index in [-0.39, 0.29) is 18.2 Å². The van der Waals surface area contributed by atoms with Gasteiger partial charge in [-0.05, 0) is 62.9 Å². The van der Waals surface area contributed by atoms with Crippen molar-refractivity contribution in [3.63, 3.8) is 0 Å². The molecular weight excluding hydrogens is 672 g/mol. The van der Waals surface area contributed by atoms with Crippen LogP contribution in [0.25, 0.3) is 0 Å². The lowest BCUT2D eigenvalue weighted by atomic mass is 10.2. The zero-order valence-corrected chi connectivity index (χ0v) is 22.5. The molecule has 1 aliphatic rings. The summed E-state index contributed by atoms with van der Waals surface area (Å²) in [7, 11) is 0. The number of aromatic nitrogens is 3. The summed E-state index contributed by atoms with van der Waals surface area (Å²) in [5.74, 6) is 1.51. The number of nitrogens with zero attached hydrogens (tertiary/aromatic N) is 5. The van der Waals surface area contributed by atoms with Crippen molar-refractivity contribution >= 4 is 81.6 Å². The van der Waals surface area contributed by atoms with Gasteiger partial charge in [0.25, 0.3) is 0 Å². The zero-order chi connectivity index (χ0) is 22.3. The maximum Gasteiger partial charge on any atom is 0.250 e.